The molecule has 1 saturated heterocycles. The molecule has 0 saturated carbocycles. The predicted molar refractivity (Wildman–Crippen MR) is 123 cm³/mol. The van der Waals surface area contributed by atoms with Gasteiger partial charge in [0.05, 0.1) is 12.1 Å². The molecule has 1 aromatic carbocycles. The van der Waals surface area contributed by atoms with Gasteiger partial charge in [0.25, 0.3) is 5.91 Å². The van der Waals surface area contributed by atoms with Gasteiger partial charge in [-0.3, -0.25) is 14.5 Å². The summed E-state index contributed by atoms with van der Waals surface area (Å²) >= 11 is 1.55. The van der Waals surface area contributed by atoms with Gasteiger partial charge >= 0.3 is 6.18 Å². The van der Waals surface area contributed by atoms with Crippen LogP contribution in [0.15, 0.2) is 52.5 Å². The molecule has 0 atom stereocenters. The van der Waals surface area contributed by atoms with Crippen molar-refractivity contribution in [1.29, 1.82) is 0 Å². The predicted octanol–water partition coefficient (Wildman–Crippen LogP) is 4.26. The Labute approximate surface area is 204 Å². The van der Waals surface area contributed by atoms with Crippen LogP contribution in [0.4, 0.5) is 13.2 Å². The van der Waals surface area contributed by atoms with Crippen LogP contribution in [0.1, 0.15) is 39.3 Å². The third-order valence-corrected chi connectivity index (χ3v) is 6.62. The molecule has 0 radical (unpaired) electrons. The molecule has 1 fully saturated rings. The number of oxazole rings is 1. The van der Waals surface area contributed by atoms with Gasteiger partial charge in [-0.15, -0.1) is 11.3 Å². The first-order valence-corrected chi connectivity index (χ1v) is 12.0. The highest BCUT2D eigenvalue weighted by molar-refractivity contribution is 7.09. The zero-order valence-corrected chi connectivity index (χ0v) is 19.9. The van der Waals surface area contributed by atoms with Crippen LogP contribution >= 0.6 is 11.3 Å². The summed E-state index contributed by atoms with van der Waals surface area (Å²) in [4.78, 5) is 35.0. The summed E-state index contributed by atoms with van der Waals surface area (Å²) in [5, 5.41) is 1.94. The summed E-state index contributed by atoms with van der Waals surface area (Å²) in [6.45, 7) is 4.24. The SMILES string of the molecule is CC(=O)N1CCN(C(=O)c2coc(CN(Cc3cccc(C(F)(F)F)c3)Cc3cccs3)n2)CC1. The van der Waals surface area contributed by atoms with E-state index in [9.17, 15) is 22.8 Å². The lowest BCUT2D eigenvalue weighted by Crippen LogP contribution is -2.50. The molecule has 1 aliphatic heterocycles. The Morgan fingerprint density at radius 2 is 1.80 bits per heavy atom. The minimum atomic E-state index is -4.41. The van der Waals surface area contributed by atoms with Gasteiger partial charge < -0.3 is 14.2 Å². The van der Waals surface area contributed by atoms with Gasteiger partial charge in [0.1, 0.15) is 6.26 Å². The first-order chi connectivity index (χ1) is 16.7. The number of nitrogens with zero attached hydrogens (tertiary/aromatic N) is 4. The molecule has 2 amide bonds. The standard InChI is InChI=1S/C24H25F3N4O3S/c1-17(32)30-7-9-31(10-8-30)23(33)21-16-34-22(28-21)15-29(14-20-6-3-11-35-20)13-18-4-2-5-19(12-18)24(25,26)27/h2-6,11-12,16H,7-10,13-15H2,1H3. The summed E-state index contributed by atoms with van der Waals surface area (Å²) in [6.07, 6.45) is -3.11. The van der Waals surface area contributed by atoms with Crippen molar-refractivity contribution in [3.8, 4) is 0 Å². The Balaban J connectivity index is 1.45. The number of amides is 2. The van der Waals surface area contributed by atoms with Crippen LogP contribution in [0, 0.1) is 0 Å². The van der Waals surface area contributed by atoms with Crippen molar-refractivity contribution in [3.05, 3.63) is 75.6 Å². The van der Waals surface area contributed by atoms with Crippen LogP contribution in [0.5, 0.6) is 0 Å². The quantitative estimate of drug-likeness (QED) is 0.479. The molecular formula is C24H25F3N4O3S. The van der Waals surface area contributed by atoms with Crippen molar-refractivity contribution in [2.45, 2.75) is 32.7 Å². The molecule has 186 valence electrons. The molecule has 1 aliphatic rings. The summed E-state index contributed by atoms with van der Waals surface area (Å²) in [7, 11) is 0. The van der Waals surface area contributed by atoms with Crippen LogP contribution in [-0.2, 0) is 30.6 Å². The van der Waals surface area contributed by atoms with Crippen molar-refractivity contribution in [2.24, 2.45) is 0 Å². The minimum absolute atomic E-state index is 0.0209. The van der Waals surface area contributed by atoms with Gasteiger partial charge in [-0.1, -0.05) is 24.3 Å². The number of hydrogen-bond acceptors (Lipinski definition) is 6. The number of hydrogen-bond donors (Lipinski definition) is 0. The minimum Gasteiger partial charge on any atom is -0.447 e. The van der Waals surface area contributed by atoms with Crippen LogP contribution < -0.4 is 0 Å². The van der Waals surface area contributed by atoms with Gasteiger partial charge in [-0.05, 0) is 23.1 Å². The number of piperazine rings is 1. The van der Waals surface area contributed by atoms with E-state index in [1.165, 1.54) is 19.3 Å². The Bertz CT molecular complexity index is 1150. The van der Waals surface area contributed by atoms with E-state index < -0.39 is 11.7 Å². The molecule has 0 unspecified atom stereocenters. The monoisotopic (exact) mass is 506 g/mol. The van der Waals surface area contributed by atoms with Crippen LogP contribution in [0.25, 0.3) is 0 Å². The molecule has 0 N–H and O–H groups in total. The lowest BCUT2D eigenvalue weighted by atomic mass is 10.1. The largest absolute Gasteiger partial charge is 0.447 e. The van der Waals surface area contributed by atoms with Crippen molar-refractivity contribution in [2.75, 3.05) is 26.2 Å². The first kappa shape index (κ1) is 24.9. The zero-order chi connectivity index (χ0) is 25.0. The maximum absolute atomic E-state index is 13.2. The van der Waals surface area contributed by atoms with E-state index in [0.717, 1.165) is 17.0 Å². The van der Waals surface area contributed by atoms with Gasteiger partial charge in [-0.2, -0.15) is 13.2 Å². The third-order valence-electron chi connectivity index (χ3n) is 5.76. The highest BCUT2D eigenvalue weighted by atomic mass is 32.1. The summed E-state index contributed by atoms with van der Waals surface area (Å²) in [6, 6.07) is 9.12. The number of carbonyl (C=O) groups excluding carboxylic acids is 2. The van der Waals surface area contributed by atoms with Gasteiger partial charge in [0, 0.05) is 51.1 Å². The summed E-state index contributed by atoms with van der Waals surface area (Å²) < 4.78 is 45.0. The van der Waals surface area contributed by atoms with Crippen LogP contribution in [0.3, 0.4) is 0 Å². The highest BCUT2D eigenvalue weighted by Crippen LogP contribution is 2.30. The fourth-order valence-electron chi connectivity index (χ4n) is 3.95. The smallest absolute Gasteiger partial charge is 0.416 e. The Kier molecular flexibility index (Phi) is 7.56. The second kappa shape index (κ2) is 10.6. The number of thiophene rings is 1. The molecule has 35 heavy (non-hydrogen) atoms. The summed E-state index contributed by atoms with van der Waals surface area (Å²) in [5.74, 6) is 0.0116. The zero-order valence-electron chi connectivity index (χ0n) is 19.1. The van der Waals surface area contributed by atoms with Crippen molar-refractivity contribution in [1.82, 2.24) is 19.7 Å². The molecule has 0 aliphatic carbocycles. The lowest BCUT2D eigenvalue weighted by molar-refractivity contribution is -0.137. The molecule has 0 spiro atoms. The highest BCUT2D eigenvalue weighted by Gasteiger charge is 2.30. The number of rotatable bonds is 7. The van der Waals surface area contributed by atoms with Crippen LogP contribution in [-0.4, -0.2) is 57.7 Å². The third kappa shape index (κ3) is 6.49. The van der Waals surface area contributed by atoms with Crippen molar-refractivity contribution < 1.29 is 27.2 Å². The van der Waals surface area contributed by atoms with Crippen LogP contribution in [0.2, 0.25) is 0 Å². The maximum atomic E-state index is 13.2. The second-order valence-electron chi connectivity index (χ2n) is 8.35. The fraction of sp³-hybridized carbons (Fsp3) is 0.375. The van der Waals surface area contributed by atoms with E-state index in [4.69, 9.17) is 4.42 Å². The molecule has 4 rings (SSSR count). The normalized spacial score (nSPS) is 14.5. The summed E-state index contributed by atoms with van der Waals surface area (Å²) in [5.41, 5.74) is -0.00560. The number of alkyl halides is 3. The average molecular weight is 507 g/mol. The van der Waals surface area contributed by atoms with Gasteiger partial charge in [0.15, 0.2) is 5.69 Å². The maximum Gasteiger partial charge on any atom is 0.416 e. The molecular weight excluding hydrogens is 481 g/mol. The number of benzene rings is 1. The molecule has 7 nitrogen and oxygen atoms in total. The Hall–Kier alpha value is -3.18. The Morgan fingerprint density at radius 1 is 1.06 bits per heavy atom. The number of carbonyl (C=O) groups is 2. The Morgan fingerprint density at radius 3 is 2.46 bits per heavy atom. The fourth-order valence-corrected chi connectivity index (χ4v) is 4.70. The van der Waals surface area contributed by atoms with E-state index >= 15 is 0 Å². The number of aromatic nitrogens is 1. The number of halogens is 3. The molecule has 11 heteroatoms. The van der Waals surface area contributed by atoms with Gasteiger partial charge in [-0.25, -0.2) is 4.98 Å². The first-order valence-electron chi connectivity index (χ1n) is 11.1. The second-order valence-corrected chi connectivity index (χ2v) is 9.38. The molecule has 3 heterocycles. The van der Waals surface area contributed by atoms with E-state index in [1.54, 1.807) is 27.2 Å². The topological polar surface area (TPSA) is 69.9 Å². The van der Waals surface area contributed by atoms with E-state index in [0.29, 0.717) is 44.2 Å². The molecule has 3 aromatic rings. The van der Waals surface area contributed by atoms with Crippen molar-refractivity contribution in [3.63, 3.8) is 0 Å². The van der Waals surface area contributed by atoms with Gasteiger partial charge in [0.2, 0.25) is 11.8 Å². The van der Waals surface area contributed by atoms with E-state index in [1.807, 2.05) is 22.4 Å². The van der Waals surface area contributed by atoms with E-state index in [2.05, 4.69) is 4.98 Å². The average Bonchev–Trinajstić information content (AvgIpc) is 3.50. The van der Waals surface area contributed by atoms with E-state index in [-0.39, 0.29) is 30.6 Å². The molecule has 2 aromatic heterocycles. The lowest BCUT2D eigenvalue weighted by Gasteiger charge is -2.33. The molecule has 0 bridgehead atoms. The van der Waals surface area contributed by atoms with Crippen molar-refractivity contribution >= 4 is 23.2 Å².